The van der Waals surface area contributed by atoms with Gasteiger partial charge in [0.2, 0.25) is 0 Å². The summed E-state index contributed by atoms with van der Waals surface area (Å²) in [7, 11) is 0. The monoisotopic (exact) mass is 134 g/mol. The van der Waals surface area contributed by atoms with Gasteiger partial charge >= 0.3 is 0 Å². The van der Waals surface area contributed by atoms with Crippen molar-refractivity contribution < 1.29 is 0 Å². The van der Waals surface area contributed by atoms with Crippen molar-refractivity contribution in [3.8, 4) is 12.3 Å². The first-order valence-electron chi connectivity index (χ1n) is 3.51. The summed E-state index contributed by atoms with van der Waals surface area (Å²) in [6, 6.07) is 0. The fraction of sp³-hybridized carbons (Fsp3) is 0.400. The lowest BCUT2D eigenvalue weighted by Crippen LogP contribution is -1.73. The first-order chi connectivity index (χ1) is 4.81. The lowest BCUT2D eigenvalue weighted by atomic mass is 10.1. The number of rotatable bonds is 4. The summed E-state index contributed by atoms with van der Waals surface area (Å²) in [5, 5.41) is 0. The molecule has 0 unspecified atom stereocenters. The Morgan fingerprint density at radius 2 is 2.30 bits per heavy atom. The maximum Gasteiger partial charge on any atom is 0.0293 e. The minimum absolute atomic E-state index is 0.775. The molecule has 0 aliphatic rings. The van der Waals surface area contributed by atoms with E-state index < -0.39 is 0 Å². The van der Waals surface area contributed by atoms with Crippen molar-refractivity contribution in [1.29, 1.82) is 0 Å². The van der Waals surface area contributed by atoms with Gasteiger partial charge in [0, 0.05) is 6.42 Å². The van der Waals surface area contributed by atoms with E-state index in [0.29, 0.717) is 0 Å². The van der Waals surface area contributed by atoms with Crippen molar-refractivity contribution in [2.75, 3.05) is 0 Å². The van der Waals surface area contributed by atoms with Crippen LogP contribution in [0.1, 0.15) is 26.2 Å². The van der Waals surface area contributed by atoms with Crippen LogP contribution in [0.5, 0.6) is 0 Å². The molecule has 54 valence electrons. The second-order valence-electron chi connectivity index (χ2n) is 2.30. The van der Waals surface area contributed by atoms with E-state index in [-0.39, 0.29) is 0 Å². The molecule has 0 aromatic rings. The second kappa shape index (κ2) is 6.16. The molecule has 0 aromatic heterocycles. The lowest BCUT2D eigenvalue weighted by molar-refractivity contribution is 1.03. The van der Waals surface area contributed by atoms with Crippen LogP contribution < -0.4 is 0 Å². The summed E-state index contributed by atoms with van der Waals surface area (Å²) < 4.78 is 0. The summed E-state index contributed by atoms with van der Waals surface area (Å²) in [6.45, 7) is 5.69. The topological polar surface area (TPSA) is 0 Å². The van der Waals surface area contributed by atoms with E-state index in [0.717, 1.165) is 19.3 Å². The van der Waals surface area contributed by atoms with Crippen LogP contribution >= 0.6 is 0 Å². The normalized spacial score (nSPS) is 10.6. The minimum atomic E-state index is 0.775. The Bertz CT molecular complexity index is 155. The quantitative estimate of drug-likeness (QED) is 0.315. The van der Waals surface area contributed by atoms with Gasteiger partial charge in [0.05, 0.1) is 0 Å². The molecule has 0 heterocycles. The third kappa shape index (κ3) is 5.18. The van der Waals surface area contributed by atoms with E-state index in [2.05, 4.69) is 25.5 Å². The molecule has 0 nitrogen and oxygen atoms in total. The standard InChI is InChI=1S/C10H14/c1-4-6-7-9-10(3)8-5-2/h2,4,9H,1,6-8H2,3H3/b10-9+. The fourth-order valence-electron chi connectivity index (χ4n) is 0.681. The molecule has 0 atom stereocenters. The zero-order valence-corrected chi connectivity index (χ0v) is 6.56. The molecule has 0 fully saturated rings. The van der Waals surface area contributed by atoms with Crippen LogP contribution in [0.25, 0.3) is 0 Å². The van der Waals surface area contributed by atoms with Crippen molar-refractivity contribution in [3.63, 3.8) is 0 Å². The Morgan fingerprint density at radius 3 is 2.80 bits per heavy atom. The van der Waals surface area contributed by atoms with Gasteiger partial charge in [0.1, 0.15) is 0 Å². The Hall–Kier alpha value is -0.960. The van der Waals surface area contributed by atoms with Crippen LogP contribution in [0.2, 0.25) is 0 Å². The molecular weight excluding hydrogens is 120 g/mol. The SMILES string of the molecule is C#CC/C(C)=C/CCC=C. The average Bonchev–Trinajstić information content (AvgIpc) is 1.89. The predicted molar refractivity (Wildman–Crippen MR) is 46.6 cm³/mol. The van der Waals surface area contributed by atoms with Crippen molar-refractivity contribution >= 4 is 0 Å². The zero-order valence-electron chi connectivity index (χ0n) is 6.56. The Labute approximate surface area is 63.6 Å². The van der Waals surface area contributed by atoms with E-state index in [9.17, 15) is 0 Å². The molecule has 0 aliphatic heterocycles. The van der Waals surface area contributed by atoms with Gasteiger partial charge in [-0.25, -0.2) is 0 Å². The van der Waals surface area contributed by atoms with Gasteiger partial charge in [-0.05, 0) is 19.8 Å². The summed E-state index contributed by atoms with van der Waals surface area (Å²) in [6.07, 6.45) is 12.1. The number of unbranched alkanes of at least 4 members (excludes halogenated alkanes) is 1. The second-order valence-corrected chi connectivity index (χ2v) is 2.30. The summed E-state index contributed by atoms with van der Waals surface area (Å²) >= 11 is 0. The van der Waals surface area contributed by atoms with Gasteiger partial charge in [0.15, 0.2) is 0 Å². The Balaban J connectivity index is 3.49. The Kier molecular flexibility index (Phi) is 5.57. The zero-order chi connectivity index (χ0) is 7.82. The molecule has 0 saturated heterocycles. The van der Waals surface area contributed by atoms with Crippen LogP contribution in [0.3, 0.4) is 0 Å². The summed E-state index contributed by atoms with van der Waals surface area (Å²) in [5.74, 6) is 2.60. The van der Waals surface area contributed by atoms with Gasteiger partial charge in [-0.15, -0.1) is 18.9 Å². The third-order valence-electron chi connectivity index (χ3n) is 1.24. The minimum Gasteiger partial charge on any atom is -0.120 e. The molecule has 10 heavy (non-hydrogen) atoms. The largest absolute Gasteiger partial charge is 0.120 e. The van der Waals surface area contributed by atoms with Crippen LogP contribution in [-0.4, -0.2) is 0 Å². The molecule has 0 heteroatoms. The smallest absolute Gasteiger partial charge is 0.0293 e. The van der Waals surface area contributed by atoms with Crippen LogP contribution in [-0.2, 0) is 0 Å². The highest BCUT2D eigenvalue weighted by Crippen LogP contribution is 2.01. The van der Waals surface area contributed by atoms with E-state index in [4.69, 9.17) is 6.42 Å². The maximum atomic E-state index is 5.12. The maximum absolute atomic E-state index is 5.12. The molecule has 0 aliphatic carbocycles. The van der Waals surface area contributed by atoms with Gasteiger partial charge in [-0.3, -0.25) is 0 Å². The van der Waals surface area contributed by atoms with Crippen molar-refractivity contribution in [1.82, 2.24) is 0 Å². The van der Waals surface area contributed by atoms with Gasteiger partial charge < -0.3 is 0 Å². The molecule has 0 radical (unpaired) electrons. The third-order valence-corrected chi connectivity index (χ3v) is 1.24. The van der Waals surface area contributed by atoms with Crippen LogP contribution in [0.4, 0.5) is 0 Å². The van der Waals surface area contributed by atoms with Crippen LogP contribution in [0.15, 0.2) is 24.3 Å². The van der Waals surface area contributed by atoms with E-state index in [1.54, 1.807) is 0 Å². The lowest BCUT2D eigenvalue weighted by Gasteiger charge is -1.91. The number of terminal acetylenes is 1. The van der Waals surface area contributed by atoms with Crippen molar-refractivity contribution in [2.24, 2.45) is 0 Å². The highest BCUT2D eigenvalue weighted by atomic mass is 13.9. The van der Waals surface area contributed by atoms with E-state index in [1.165, 1.54) is 5.57 Å². The van der Waals surface area contributed by atoms with Crippen molar-refractivity contribution in [3.05, 3.63) is 24.3 Å². The number of hydrogen-bond acceptors (Lipinski definition) is 0. The first kappa shape index (κ1) is 9.04. The summed E-state index contributed by atoms with van der Waals surface area (Å²) in [5.41, 5.74) is 1.28. The molecule has 0 spiro atoms. The van der Waals surface area contributed by atoms with Crippen molar-refractivity contribution in [2.45, 2.75) is 26.2 Å². The Morgan fingerprint density at radius 1 is 1.60 bits per heavy atom. The molecule has 0 amide bonds. The summed E-state index contributed by atoms with van der Waals surface area (Å²) in [4.78, 5) is 0. The average molecular weight is 134 g/mol. The van der Waals surface area contributed by atoms with Gasteiger partial charge in [-0.1, -0.05) is 17.7 Å². The molecule has 0 bridgehead atoms. The molecule has 0 rings (SSSR count). The van der Waals surface area contributed by atoms with E-state index in [1.807, 2.05) is 6.08 Å². The van der Waals surface area contributed by atoms with Gasteiger partial charge in [-0.2, -0.15) is 0 Å². The molecule has 0 saturated carbocycles. The first-order valence-corrected chi connectivity index (χ1v) is 3.51. The molecule has 0 N–H and O–H groups in total. The van der Waals surface area contributed by atoms with Crippen LogP contribution in [0, 0.1) is 12.3 Å². The molecular formula is C10H14. The highest BCUT2D eigenvalue weighted by Gasteiger charge is 1.82. The highest BCUT2D eigenvalue weighted by molar-refractivity contribution is 5.07. The predicted octanol–water partition coefficient (Wildman–Crippen LogP) is 2.92. The van der Waals surface area contributed by atoms with Gasteiger partial charge in [0.25, 0.3) is 0 Å². The number of hydrogen-bond donors (Lipinski definition) is 0. The molecule has 0 aromatic carbocycles. The number of allylic oxidation sites excluding steroid dienone is 3. The fourth-order valence-corrected chi connectivity index (χ4v) is 0.681. The van der Waals surface area contributed by atoms with E-state index >= 15 is 0 Å².